The first kappa shape index (κ1) is 37.2. The second-order valence-corrected chi connectivity index (χ2v) is 12.2. The van der Waals surface area contributed by atoms with Gasteiger partial charge in [-0.25, -0.2) is 9.78 Å². The Morgan fingerprint density at radius 3 is 2.37 bits per heavy atom. The van der Waals surface area contributed by atoms with Crippen LogP contribution < -0.4 is 14.7 Å². The monoisotopic (exact) mass is 719 g/mol. The summed E-state index contributed by atoms with van der Waals surface area (Å²) in [7, 11) is 0. The van der Waals surface area contributed by atoms with Gasteiger partial charge in [-0.05, 0) is 78.9 Å². The van der Waals surface area contributed by atoms with Crippen LogP contribution in [0.4, 0.5) is 48.3 Å². The molecule has 51 heavy (non-hydrogen) atoms. The van der Waals surface area contributed by atoms with Gasteiger partial charge in [0.05, 0.1) is 66.2 Å². The number of alkyl halides is 6. The first-order valence-corrected chi connectivity index (χ1v) is 16.2. The van der Waals surface area contributed by atoms with Gasteiger partial charge in [-0.2, -0.15) is 31.6 Å². The Kier molecular flexibility index (Phi) is 11.3. The summed E-state index contributed by atoms with van der Waals surface area (Å²) >= 11 is 0. The molecule has 272 valence electrons. The molecular weight excluding hydrogens is 684 g/mol. The predicted molar refractivity (Wildman–Crippen MR) is 173 cm³/mol. The number of morpholine rings is 1. The van der Waals surface area contributed by atoms with E-state index in [1.54, 1.807) is 36.2 Å². The smallest absolute Gasteiger partial charge is 0.416 e. The van der Waals surface area contributed by atoms with E-state index in [0.717, 1.165) is 36.0 Å². The average molecular weight is 720 g/mol. The minimum absolute atomic E-state index is 0.0236. The lowest BCUT2D eigenvalue weighted by atomic mass is 9.87. The van der Waals surface area contributed by atoms with Gasteiger partial charge in [0.2, 0.25) is 0 Å². The van der Waals surface area contributed by atoms with E-state index in [4.69, 9.17) is 14.6 Å². The van der Waals surface area contributed by atoms with Crippen LogP contribution in [0.15, 0.2) is 54.7 Å². The van der Waals surface area contributed by atoms with Crippen molar-refractivity contribution in [2.24, 2.45) is 0 Å². The summed E-state index contributed by atoms with van der Waals surface area (Å²) in [6.07, 6.45) is -8.72. The summed E-state index contributed by atoms with van der Waals surface area (Å²) in [6.45, 7) is 3.46. The van der Waals surface area contributed by atoms with E-state index < -0.39 is 47.6 Å². The number of carbonyl (C=O) groups is 2. The molecule has 0 spiro atoms. The van der Waals surface area contributed by atoms with Gasteiger partial charge in [-0.1, -0.05) is 6.92 Å². The molecule has 1 N–H and O–H groups in total. The van der Waals surface area contributed by atoms with E-state index in [-0.39, 0.29) is 60.6 Å². The number of carboxylic acid groups (broad SMARTS) is 1. The Labute approximate surface area is 289 Å². The number of pyridine rings is 1. The van der Waals surface area contributed by atoms with E-state index in [9.17, 15) is 41.2 Å². The van der Waals surface area contributed by atoms with Crippen molar-refractivity contribution in [2.75, 3.05) is 47.6 Å². The maximum Gasteiger partial charge on any atom is 0.416 e. The van der Waals surface area contributed by atoms with Gasteiger partial charge in [-0.15, -0.1) is 0 Å². The van der Waals surface area contributed by atoms with Crippen molar-refractivity contribution in [1.82, 2.24) is 4.98 Å². The lowest BCUT2D eigenvalue weighted by molar-refractivity contribution is -0.138. The Balaban J connectivity index is 1.63. The van der Waals surface area contributed by atoms with Crippen LogP contribution in [0.5, 0.6) is 0 Å². The number of carbonyl (C=O) groups excluding carboxylic acids is 1. The number of nitrogens with zero attached hydrogens (tertiary/aromatic N) is 5. The van der Waals surface area contributed by atoms with Crippen molar-refractivity contribution in [1.29, 1.82) is 5.26 Å². The fraction of sp³-hybridized carbons (Fsp3) is 0.429. The molecule has 10 nitrogen and oxygen atoms in total. The van der Waals surface area contributed by atoms with Gasteiger partial charge < -0.3 is 24.4 Å². The number of ether oxygens (including phenoxy) is 2. The first-order chi connectivity index (χ1) is 24.2. The molecule has 2 aromatic carbocycles. The maximum absolute atomic E-state index is 14.2. The zero-order valence-corrected chi connectivity index (χ0v) is 27.5. The van der Waals surface area contributed by atoms with Gasteiger partial charge in [0.15, 0.2) is 0 Å². The third-order valence-electron chi connectivity index (χ3n) is 8.84. The number of aliphatic carboxylic acids is 1. The number of hydrogen-bond acceptors (Lipinski definition) is 8. The summed E-state index contributed by atoms with van der Waals surface area (Å²) in [5, 5.41) is 18.5. The topological polar surface area (TPSA) is 119 Å². The van der Waals surface area contributed by atoms with Crippen LogP contribution in [0.1, 0.15) is 66.5 Å². The Bertz CT molecular complexity index is 1760. The molecule has 0 unspecified atom stereocenters. The van der Waals surface area contributed by atoms with Crippen LogP contribution >= 0.6 is 0 Å². The van der Waals surface area contributed by atoms with Crippen LogP contribution in [0.3, 0.4) is 0 Å². The minimum Gasteiger partial charge on any atom is -0.481 e. The van der Waals surface area contributed by atoms with E-state index in [1.165, 1.54) is 11.0 Å². The molecule has 0 aliphatic carbocycles. The number of benzene rings is 2. The molecule has 0 bridgehead atoms. The third-order valence-corrected chi connectivity index (χ3v) is 8.84. The lowest BCUT2D eigenvalue weighted by Crippen LogP contribution is -2.48. The summed E-state index contributed by atoms with van der Waals surface area (Å²) < 4.78 is 95.0. The fourth-order valence-corrected chi connectivity index (χ4v) is 6.36. The van der Waals surface area contributed by atoms with Gasteiger partial charge in [0.1, 0.15) is 5.82 Å². The highest BCUT2D eigenvalue weighted by atomic mass is 19.4. The zero-order chi connectivity index (χ0) is 36.9. The van der Waals surface area contributed by atoms with Crippen molar-refractivity contribution < 1.29 is 50.5 Å². The Morgan fingerprint density at radius 1 is 1.04 bits per heavy atom. The average Bonchev–Trinajstić information content (AvgIpc) is 3.11. The maximum atomic E-state index is 14.2. The second kappa shape index (κ2) is 15.5. The summed E-state index contributed by atoms with van der Waals surface area (Å²) in [5.74, 6) is -0.839. The van der Waals surface area contributed by atoms with Crippen molar-refractivity contribution >= 4 is 29.3 Å². The van der Waals surface area contributed by atoms with E-state index in [2.05, 4.69) is 4.98 Å². The molecule has 3 heterocycles. The number of anilines is 3. The molecule has 3 aromatic rings. The van der Waals surface area contributed by atoms with Crippen molar-refractivity contribution in [2.45, 2.75) is 63.6 Å². The second-order valence-electron chi connectivity index (χ2n) is 12.2. The van der Waals surface area contributed by atoms with Crippen LogP contribution in [0.25, 0.3) is 0 Å². The number of carboxylic acids is 1. The minimum atomic E-state index is -4.78. The molecule has 1 saturated heterocycles. The highest BCUT2D eigenvalue weighted by molar-refractivity contribution is 5.90. The number of hydrogen-bond donors (Lipinski definition) is 1. The predicted octanol–water partition coefficient (Wildman–Crippen LogP) is 7.57. The van der Waals surface area contributed by atoms with Crippen LogP contribution in [0, 0.1) is 11.3 Å². The Morgan fingerprint density at radius 2 is 1.76 bits per heavy atom. The standard InChI is InChI=1S/C35H35F6N5O5/c1-2-26-18-30(28-17-24(34(36,37)38)5-7-29(28)46(26)33(49)51-11-3-4-32(47)48)45(21-23-14-22(19-42)15-25(16-23)35(39,40)41)31-8-6-27(20-43-31)44-9-12-50-13-10-44/h5-8,14-17,20,26,30H,2-4,9-13,18,21H2,1H3,(H,47,48)/t26-,30+/m1/s1. The summed E-state index contributed by atoms with van der Waals surface area (Å²) in [5.41, 5.74) is -1.32. The van der Waals surface area contributed by atoms with E-state index >= 15 is 0 Å². The van der Waals surface area contributed by atoms with Gasteiger partial charge in [0.25, 0.3) is 0 Å². The molecule has 2 atom stereocenters. The molecule has 1 aromatic heterocycles. The van der Waals surface area contributed by atoms with Gasteiger partial charge >= 0.3 is 24.4 Å². The number of halogens is 6. The van der Waals surface area contributed by atoms with Crippen LogP contribution in [-0.2, 0) is 33.2 Å². The number of nitriles is 1. The quantitative estimate of drug-likeness (QED) is 0.167. The number of amides is 1. The van der Waals surface area contributed by atoms with E-state index in [1.807, 2.05) is 4.90 Å². The number of aromatic nitrogens is 1. The molecule has 2 aliphatic heterocycles. The first-order valence-electron chi connectivity index (χ1n) is 16.2. The molecule has 0 saturated carbocycles. The van der Waals surface area contributed by atoms with Crippen LogP contribution in [-0.4, -0.2) is 61.1 Å². The van der Waals surface area contributed by atoms with Gasteiger partial charge in [0, 0.05) is 32.1 Å². The summed E-state index contributed by atoms with van der Waals surface area (Å²) in [6, 6.07) is 9.40. The van der Waals surface area contributed by atoms with Crippen molar-refractivity contribution in [3.05, 3.63) is 82.5 Å². The number of rotatable bonds is 10. The molecular formula is C35H35F6N5O5. The highest BCUT2D eigenvalue weighted by Crippen LogP contribution is 2.46. The van der Waals surface area contributed by atoms with Crippen molar-refractivity contribution in [3.8, 4) is 6.07 Å². The molecule has 5 rings (SSSR count). The number of fused-ring (bicyclic) bond motifs is 1. The SMILES string of the molecule is CC[C@@H]1C[C@H](N(Cc2cc(C#N)cc(C(F)(F)F)c2)c2ccc(N3CCOCC3)cn2)c2cc(C(F)(F)F)ccc2N1C(=O)OCCCC(=O)O. The van der Waals surface area contributed by atoms with Crippen molar-refractivity contribution in [3.63, 3.8) is 0 Å². The lowest BCUT2D eigenvalue weighted by Gasteiger charge is -2.44. The zero-order valence-electron chi connectivity index (χ0n) is 27.5. The molecule has 16 heteroatoms. The van der Waals surface area contributed by atoms with Gasteiger partial charge in [-0.3, -0.25) is 9.69 Å². The third kappa shape index (κ3) is 8.83. The molecule has 1 fully saturated rings. The van der Waals surface area contributed by atoms with Crippen LogP contribution in [0.2, 0.25) is 0 Å². The Hall–Kier alpha value is -5.04. The molecule has 1 amide bonds. The highest BCUT2D eigenvalue weighted by Gasteiger charge is 2.42. The molecule has 0 radical (unpaired) electrons. The summed E-state index contributed by atoms with van der Waals surface area (Å²) in [4.78, 5) is 33.9. The fourth-order valence-electron chi connectivity index (χ4n) is 6.36. The van der Waals surface area contributed by atoms with E-state index in [0.29, 0.717) is 32.7 Å². The largest absolute Gasteiger partial charge is 0.481 e. The molecule has 2 aliphatic rings. The normalized spacial score (nSPS) is 17.8.